The quantitative estimate of drug-likeness (QED) is 0.713. The number of hydrogen-bond acceptors (Lipinski definition) is 3. The van der Waals surface area contributed by atoms with E-state index in [-0.39, 0.29) is 11.9 Å². The van der Waals surface area contributed by atoms with Crippen LogP contribution >= 0.6 is 11.6 Å². The number of amides is 1. The molecule has 0 aliphatic carbocycles. The Hall–Kier alpha value is -2.66. The zero-order valence-electron chi connectivity index (χ0n) is 14.2. The van der Waals surface area contributed by atoms with Gasteiger partial charge in [-0.05, 0) is 37.3 Å². The van der Waals surface area contributed by atoms with Crippen molar-refractivity contribution >= 4 is 28.4 Å². The van der Waals surface area contributed by atoms with Crippen molar-refractivity contribution < 1.29 is 14.3 Å². The number of aromatic amines is 1. The Labute approximate surface area is 150 Å². The minimum Gasteiger partial charge on any atom is -0.497 e. The van der Waals surface area contributed by atoms with Crippen LogP contribution in [0.2, 0.25) is 5.02 Å². The summed E-state index contributed by atoms with van der Waals surface area (Å²) in [5, 5.41) is 4.53. The number of carbonyl (C=O) groups is 1. The zero-order chi connectivity index (χ0) is 18.0. The van der Waals surface area contributed by atoms with Gasteiger partial charge >= 0.3 is 0 Å². The molecule has 0 aliphatic heterocycles. The Balaban J connectivity index is 1.81. The second-order valence-electron chi connectivity index (χ2n) is 5.72. The van der Waals surface area contributed by atoms with Gasteiger partial charge in [-0.3, -0.25) is 4.79 Å². The first-order valence-electron chi connectivity index (χ1n) is 7.83. The Morgan fingerprint density at radius 1 is 1.12 bits per heavy atom. The van der Waals surface area contributed by atoms with E-state index in [4.69, 9.17) is 21.1 Å². The highest BCUT2D eigenvalue weighted by molar-refractivity contribution is 6.31. The van der Waals surface area contributed by atoms with Crippen molar-refractivity contribution in [1.82, 2.24) is 10.3 Å². The molecular formula is C19H19ClN2O3. The Kier molecular flexibility index (Phi) is 4.86. The molecule has 0 aliphatic rings. The fourth-order valence-corrected chi connectivity index (χ4v) is 2.92. The third-order valence-corrected chi connectivity index (χ3v) is 4.32. The Morgan fingerprint density at radius 2 is 1.92 bits per heavy atom. The molecule has 1 unspecified atom stereocenters. The molecule has 1 aromatic heterocycles. The molecule has 3 rings (SSSR count). The summed E-state index contributed by atoms with van der Waals surface area (Å²) in [4.78, 5) is 15.7. The van der Waals surface area contributed by atoms with E-state index in [1.807, 2.05) is 25.1 Å². The number of carbonyl (C=O) groups excluding carboxylic acids is 1. The lowest BCUT2D eigenvalue weighted by Crippen LogP contribution is -2.27. The van der Waals surface area contributed by atoms with Gasteiger partial charge in [-0.15, -0.1) is 0 Å². The lowest BCUT2D eigenvalue weighted by molar-refractivity contribution is 0.0935. The van der Waals surface area contributed by atoms with Crippen LogP contribution in [0.4, 0.5) is 0 Å². The van der Waals surface area contributed by atoms with Crippen molar-refractivity contribution in [3.05, 3.63) is 58.7 Å². The lowest BCUT2D eigenvalue weighted by atomic mass is 10.1. The molecule has 0 spiro atoms. The molecule has 0 saturated heterocycles. The van der Waals surface area contributed by atoms with Crippen LogP contribution in [0.1, 0.15) is 29.0 Å². The van der Waals surface area contributed by atoms with Gasteiger partial charge in [0.25, 0.3) is 5.91 Å². The average molecular weight is 359 g/mol. The fourth-order valence-electron chi connectivity index (χ4n) is 2.75. The van der Waals surface area contributed by atoms with E-state index in [9.17, 15) is 4.79 Å². The minimum atomic E-state index is -0.233. The van der Waals surface area contributed by atoms with Gasteiger partial charge < -0.3 is 19.8 Å². The van der Waals surface area contributed by atoms with Crippen molar-refractivity contribution in [3.63, 3.8) is 0 Å². The summed E-state index contributed by atoms with van der Waals surface area (Å²) in [5.41, 5.74) is 2.18. The van der Waals surface area contributed by atoms with E-state index in [2.05, 4.69) is 10.3 Å². The standard InChI is InChI=1S/C19H19ClN2O3/c1-11(15-7-6-14(24-2)10-18(15)25-3)21-19(23)17-8-12-4-5-13(20)9-16(12)22-17/h4-11,22H,1-3H3,(H,21,23). The van der Waals surface area contributed by atoms with Crippen LogP contribution in [0.25, 0.3) is 10.9 Å². The zero-order valence-corrected chi connectivity index (χ0v) is 15.0. The number of methoxy groups -OCH3 is 2. The van der Waals surface area contributed by atoms with E-state index in [1.165, 1.54) is 0 Å². The maximum Gasteiger partial charge on any atom is 0.268 e. The molecule has 1 atom stereocenters. The molecule has 130 valence electrons. The minimum absolute atomic E-state index is 0.197. The van der Waals surface area contributed by atoms with Gasteiger partial charge in [-0.25, -0.2) is 0 Å². The summed E-state index contributed by atoms with van der Waals surface area (Å²) < 4.78 is 10.6. The van der Waals surface area contributed by atoms with Crippen molar-refractivity contribution in [1.29, 1.82) is 0 Å². The molecular weight excluding hydrogens is 340 g/mol. The van der Waals surface area contributed by atoms with Gasteiger partial charge in [-0.2, -0.15) is 0 Å². The maximum absolute atomic E-state index is 12.6. The molecule has 5 nitrogen and oxygen atoms in total. The summed E-state index contributed by atoms with van der Waals surface area (Å²) in [5.74, 6) is 1.17. The smallest absolute Gasteiger partial charge is 0.268 e. The second kappa shape index (κ2) is 7.07. The number of nitrogens with one attached hydrogen (secondary N) is 2. The predicted octanol–water partition coefficient (Wildman–Crippen LogP) is 4.33. The van der Waals surface area contributed by atoms with E-state index in [0.717, 1.165) is 16.5 Å². The first-order chi connectivity index (χ1) is 12.0. The molecule has 25 heavy (non-hydrogen) atoms. The summed E-state index contributed by atoms with van der Waals surface area (Å²) in [6, 6.07) is 12.6. The van der Waals surface area contributed by atoms with Gasteiger partial charge in [0.1, 0.15) is 17.2 Å². The molecule has 0 fully saturated rings. The number of aromatic nitrogens is 1. The Morgan fingerprint density at radius 3 is 2.64 bits per heavy atom. The number of benzene rings is 2. The fraction of sp³-hybridized carbons (Fsp3) is 0.211. The summed E-state index contributed by atoms with van der Waals surface area (Å²) in [6.07, 6.45) is 0. The Bertz CT molecular complexity index is 920. The maximum atomic E-state index is 12.6. The molecule has 3 aromatic rings. The SMILES string of the molecule is COc1ccc(C(C)NC(=O)c2cc3ccc(Cl)cc3[nH]2)c(OC)c1. The molecule has 2 N–H and O–H groups in total. The number of H-pyrrole nitrogens is 1. The highest BCUT2D eigenvalue weighted by atomic mass is 35.5. The molecule has 0 bridgehead atoms. The predicted molar refractivity (Wildman–Crippen MR) is 98.7 cm³/mol. The number of ether oxygens (including phenoxy) is 2. The van der Waals surface area contributed by atoms with Crippen molar-refractivity contribution in [3.8, 4) is 11.5 Å². The molecule has 0 saturated carbocycles. The number of hydrogen-bond donors (Lipinski definition) is 2. The largest absolute Gasteiger partial charge is 0.497 e. The van der Waals surface area contributed by atoms with Crippen LogP contribution in [0, 0.1) is 0 Å². The van der Waals surface area contributed by atoms with Gasteiger partial charge in [-0.1, -0.05) is 17.7 Å². The first kappa shape index (κ1) is 17.2. The molecule has 2 aromatic carbocycles. The number of rotatable bonds is 5. The molecule has 1 heterocycles. The monoisotopic (exact) mass is 358 g/mol. The van der Waals surface area contributed by atoms with E-state index in [1.54, 1.807) is 38.5 Å². The molecule has 0 radical (unpaired) electrons. The third-order valence-electron chi connectivity index (χ3n) is 4.08. The topological polar surface area (TPSA) is 63.3 Å². The third kappa shape index (κ3) is 3.56. The molecule has 6 heteroatoms. The van der Waals surface area contributed by atoms with E-state index >= 15 is 0 Å². The average Bonchev–Trinajstić information content (AvgIpc) is 3.04. The normalized spacial score (nSPS) is 12.0. The highest BCUT2D eigenvalue weighted by Gasteiger charge is 2.17. The van der Waals surface area contributed by atoms with E-state index < -0.39 is 0 Å². The number of halogens is 1. The summed E-state index contributed by atoms with van der Waals surface area (Å²) >= 11 is 5.99. The highest BCUT2D eigenvalue weighted by Crippen LogP contribution is 2.29. The van der Waals surface area contributed by atoms with Crippen molar-refractivity contribution in [2.24, 2.45) is 0 Å². The van der Waals surface area contributed by atoms with Crippen LogP contribution in [-0.2, 0) is 0 Å². The second-order valence-corrected chi connectivity index (χ2v) is 6.15. The van der Waals surface area contributed by atoms with Crippen molar-refractivity contribution in [2.45, 2.75) is 13.0 Å². The van der Waals surface area contributed by atoms with E-state index in [0.29, 0.717) is 22.2 Å². The number of fused-ring (bicyclic) bond motifs is 1. The summed E-state index contributed by atoms with van der Waals surface area (Å²) in [6.45, 7) is 1.90. The van der Waals surface area contributed by atoms with Gasteiger partial charge in [0.15, 0.2) is 0 Å². The first-order valence-corrected chi connectivity index (χ1v) is 8.20. The molecule has 1 amide bonds. The van der Waals surface area contributed by atoms with Gasteiger partial charge in [0.2, 0.25) is 0 Å². The van der Waals surface area contributed by atoms with Crippen LogP contribution in [-0.4, -0.2) is 25.1 Å². The van der Waals surface area contributed by atoms with Crippen LogP contribution < -0.4 is 14.8 Å². The van der Waals surface area contributed by atoms with Gasteiger partial charge in [0.05, 0.1) is 20.3 Å². The summed E-state index contributed by atoms with van der Waals surface area (Å²) in [7, 11) is 3.19. The van der Waals surface area contributed by atoms with Crippen LogP contribution in [0.5, 0.6) is 11.5 Å². The van der Waals surface area contributed by atoms with Crippen LogP contribution in [0.15, 0.2) is 42.5 Å². The van der Waals surface area contributed by atoms with Gasteiger partial charge in [0, 0.05) is 27.6 Å². The van der Waals surface area contributed by atoms with Crippen LogP contribution in [0.3, 0.4) is 0 Å². The van der Waals surface area contributed by atoms with Crippen molar-refractivity contribution in [2.75, 3.05) is 14.2 Å². The lowest BCUT2D eigenvalue weighted by Gasteiger charge is -2.17.